The highest BCUT2D eigenvalue weighted by atomic mass is 32.2. The van der Waals surface area contributed by atoms with Gasteiger partial charge in [-0.05, 0) is 29.3 Å². The van der Waals surface area contributed by atoms with Crippen LogP contribution in [0.1, 0.15) is 0 Å². The summed E-state index contributed by atoms with van der Waals surface area (Å²) in [4.78, 5) is 8.42. The fourth-order valence-corrected chi connectivity index (χ4v) is 2.86. The number of anilines is 1. The Morgan fingerprint density at radius 2 is 1.78 bits per heavy atom. The average molecular weight is 328 g/mol. The van der Waals surface area contributed by atoms with E-state index in [2.05, 4.69) is 9.97 Å². The van der Waals surface area contributed by atoms with Gasteiger partial charge in [-0.2, -0.15) is 0 Å². The number of rotatable bonds is 3. The van der Waals surface area contributed by atoms with Gasteiger partial charge in [0, 0.05) is 5.56 Å². The Bertz CT molecular complexity index is 884. The molecule has 1 atom stereocenters. The molecule has 0 aliphatic rings. The molecular weight excluding hydrogens is 315 g/mol. The van der Waals surface area contributed by atoms with Gasteiger partial charge in [0.05, 0.1) is 23.0 Å². The molecule has 0 amide bonds. The molecule has 5 nitrogen and oxygen atoms in total. The predicted octanol–water partition coefficient (Wildman–Crippen LogP) is 2.51. The Balaban J connectivity index is 2.07. The van der Waals surface area contributed by atoms with Crippen molar-refractivity contribution in [2.45, 2.75) is 4.90 Å². The van der Waals surface area contributed by atoms with E-state index in [-0.39, 0.29) is 5.82 Å². The molecule has 0 aliphatic carbocycles. The lowest BCUT2D eigenvalue weighted by Crippen LogP contribution is -2.04. The predicted molar refractivity (Wildman–Crippen MR) is 87.9 cm³/mol. The monoisotopic (exact) mass is 328 g/mol. The Hall–Kier alpha value is -2.64. The minimum absolute atomic E-state index is 0.269. The Labute approximate surface area is 134 Å². The molecule has 0 saturated heterocycles. The molecule has 7 heteroatoms. The molecule has 0 saturated carbocycles. The molecular formula is C16H13FN4OS. The van der Waals surface area contributed by atoms with E-state index in [4.69, 9.17) is 10.9 Å². The van der Waals surface area contributed by atoms with Gasteiger partial charge >= 0.3 is 0 Å². The third kappa shape index (κ3) is 3.10. The van der Waals surface area contributed by atoms with Crippen molar-refractivity contribution in [2.75, 3.05) is 5.73 Å². The number of aromatic nitrogens is 2. The lowest BCUT2D eigenvalue weighted by molar-refractivity contribution is 0.631. The SMILES string of the molecule is Nc1cnc(-c2ccc(-c3ccccc3S(N)=O)cc2F)cn1. The molecule has 1 unspecified atom stereocenters. The first-order chi connectivity index (χ1) is 11.1. The summed E-state index contributed by atoms with van der Waals surface area (Å²) in [5.74, 6) is -0.190. The van der Waals surface area contributed by atoms with Crippen molar-refractivity contribution in [3.05, 3.63) is 60.7 Å². The quantitative estimate of drug-likeness (QED) is 0.772. The zero-order valence-electron chi connectivity index (χ0n) is 11.9. The second kappa shape index (κ2) is 6.23. The van der Waals surface area contributed by atoms with E-state index in [1.807, 2.05) is 0 Å². The summed E-state index contributed by atoms with van der Waals surface area (Å²) in [5.41, 5.74) is 7.39. The van der Waals surface area contributed by atoms with Crippen molar-refractivity contribution >= 4 is 16.8 Å². The second-order valence-corrected chi connectivity index (χ2v) is 5.85. The standard InChI is InChI=1S/C16H13FN4OS/c17-13-7-10(11-3-1-2-4-15(11)23(19)22)5-6-12(13)14-8-21-16(18)9-20-14/h1-9H,19H2,(H2,18,21). The van der Waals surface area contributed by atoms with E-state index < -0.39 is 16.8 Å². The summed E-state index contributed by atoms with van der Waals surface area (Å²) in [6, 6.07) is 11.6. The van der Waals surface area contributed by atoms with E-state index in [0.29, 0.717) is 27.3 Å². The largest absolute Gasteiger partial charge is 0.382 e. The van der Waals surface area contributed by atoms with Gasteiger partial charge in [-0.1, -0.05) is 24.3 Å². The van der Waals surface area contributed by atoms with Crippen molar-refractivity contribution < 1.29 is 8.60 Å². The normalized spacial score (nSPS) is 12.1. The van der Waals surface area contributed by atoms with Crippen LogP contribution < -0.4 is 10.9 Å². The first kappa shape index (κ1) is 15.3. The number of benzene rings is 2. The molecule has 4 N–H and O–H groups in total. The second-order valence-electron chi connectivity index (χ2n) is 4.81. The third-order valence-corrected chi connectivity index (χ3v) is 4.12. The zero-order chi connectivity index (χ0) is 16.4. The van der Waals surface area contributed by atoms with Crippen LogP contribution in [0.3, 0.4) is 0 Å². The maximum Gasteiger partial charge on any atom is 0.141 e. The van der Waals surface area contributed by atoms with Gasteiger partial charge in [0.25, 0.3) is 0 Å². The fourth-order valence-electron chi connectivity index (χ4n) is 2.25. The van der Waals surface area contributed by atoms with Gasteiger partial charge in [-0.25, -0.2) is 18.7 Å². The van der Waals surface area contributed by atoms with Crippen LogP contribution in [0.2, 0.25) is 0 Å². The minimum Gasteiger partial charge on any atom is -0.382 e. The summed E-state index contributed by atoms with van der Waals surface area (Å²) < 4.78 is 26.1. The molecule has 0 fully saturated rings. The third-order valence-electron chi connectivity index (χ3n) is 3.33. The maximum atomic E-state index is 14.4. The van der Waals surface area contributed by atoms with Crippen LogP contribution in [0.15, 0.2) is 59.8 Å². The summed E-state index contributed by atoms with van der Waals surface area (Å²) in [5, 5.41) is 5.47. The van der Waals surface area contributed by atoms with Crippen molar-refractivity contribution in [3.63, 3.8) is 0 Å². The van der Waals surface area contributed by atoms with Gasteiger partial charge < -0.3 is 5.73 Å². The Kier molecular flexibility index (Phi) is 4.14. The van der Waals surface area contributed by atoms with Gasteiger partial charge in [0.2, 0.25) is 0 Å². The number of nitrogen functional groups attached to an aromatic ring is 1. The topological polar surface area (TPSA) is 94.9 Å². The molecule has 1 aromatic heterocycles. The van der Waals surface area contributed by atoms with Crippen LogP contribution >= 0.6 is 0 Å². The average Bonchev–Trinajstić information content (AvgIpc) is 2.56. The highest BCUT2D eigenvalue weighted by Gasteiger charge is 2.12. The molecule has 23 heavy (non-hydrogen) atoms. The molecule has 3 rings (SSSR count). The van der Waals surface area contributed by atoms with Gasteiger partial charge in [-0.3, -0.25) is 4.98 Å². The molecule has 1 heterocycles. The van der Waals surface area contributed by atoms with Crippen LogP contribution in [0.4, 0.5) is 10.2 Å². The van der Waals surface area contributed by atoms with E-state index >= 15 is 0 Å². The number of nitrogens with two attached hydrogens (primary N) is 2. The number of hydrogen-bond acceptors (Lipinski definition) is 4. The first-order valence-corrected chi connectivity index (χ1v) is 7.90. The first-order valence-electron chi connectivity index (χ1n) is 6.69. The smallest absolute Gasteiger partial charge is 0.141 e. The van der Waals surface area contributed by atoms with Crippen LogP contribution in [0, 0.1) is 5.82 Å². The maximum absolute atomic E-state index is 14.4. The highest BCUT2D eigenvalue weighted by molar-refractivity contribution is 7.82. The summed E-state index contributed by atoms with van der Waals surface area (Å²) in [6.07, 6.45) is 2.78. The Morgan fingerprint density at radius 3 is 2.43 bits per heavy atom. The molecule has 116 valence electrons. The van der Waals surface area contributed by atoms with Crippen LogP contribution in [-0.2, 0) is 11.0 Å². The summed E-state index contributed by atoms with van der Waals surface area (Å²) >= 11 is 0. The van der Waals surface area contributed by atoms with Crippen LogP contribution in [0.25, 0.3) is 22.4 Å². The minimum atomic E-state index is -1.65. The summed E-state index contributed by atoms with van der Waals surface area (Å²) in [6.45, 7) is 0. The van der Waals surface area contributed by atoms with Crippen molar-refractivity contribution in [2.24, 2.45) is 5.14 Å². The number of halogens is 1. The molecule has 0 spiro atoms. The number of nitrogens with zero attached hydrogens (tertiary/aromatic N) is 2. The van der Waals surface area contributed by atoms with Crippen molar-refractivity contribution in [3.8, 4) is 22.4 Å². The van der Waals surface area contributed by atoms with Crippen LogP contribution in [0.5, 0.6) is 0 Å². The fraction of sp³-hybridized carbons (Fsp3) is 0. The number of hydrogen-bond donors (Lipinski definition) is 2. The van der Waals surface area contributed by atoms with E-state index in [1.165, 1.54) is 18.5 Å². The van der Waals surface area contributed by atoms with Gasteiger partial charge in [0.1, 0.15) is 22.6 Å². The zero-order valence-corrected chi connectivity index (χ0v) is 12.8. The van der Waals surface area contributed by atoms with Gasteiger partial charge in [0.15, 0.2) is 0 Å². The van der Waals surface area contributed by atoms with Crippen LogP contribution in [-0.4, -0.2) is 14.2 Å². The highest BCUT2D eigenvalue weighted by Crippen LogP contribution is 2.29. The molecule has 2 aromatic carbocycles. The molecule has 0 bridgehead atoms. The molecule has 0 aliphatic heterocycles. The lowest BCUT2D eigenvalue weighted by atomic mass is 10.0. The Morgan fingerprint density at radius 1 is 1.00 bits per heavy atom. The molecule has 3 aromatic rings. The van der Waals surface area contributed by atoms with Crippen molar-refractivity contribution in [1.82, 2.24) is 9.97 Å². The van der Waals surface area contributed by atoms with E-state index in [9.17, 15) is 8.60 Å². The summed E-state index contributed by atoms with van der Waals surface area (Å²) in [7, 11) is -1.65. The van der Waals surface area contributed by atoms with E-state index in [1.54, 1.807) is 36.4 Å². The van der Waals surface area contributed by atoms with E-state index in [0.717, 1.165) is 0 Å². The molecule has 0 radical (unpaired) electrons. The van der Waals surface area contributed by atoms with Crippen molar-refractivity contribution in [1.29, 1.82) is 0 Å². The lowest BCUT2D eigenvalue weighted by Gasteiger charge is -2.09. The van der Waals surface area contributed by atoms with Gasteiger partial charge in [-0.15, -0.1) is 0 Å².